The van der Waals surface area contributed by atoms with E-state index in [1.165, 1.54) is 24.5 Å². The maximum atomic E-state index is 13.4. The van der Waals surface area contributed by atoms with Crippen molar-refractivity contribution < 1.29 is 9.13 Å². The fraction of sp³-hybridized carbons (Fsp3) is 0.407. The van der Waals surface area contributed by atoms with Gasteiger partial charge in [0.2, 0.25) is 0 Å². The highest BCUT2D eigenvalue weighted by Gasteiger charge is 2.21. The number of hydrogen-bond acceptors (Lipinski definition) is 5. The molecule has 3 aromatic rings. The van der Waals surface area contributed by atoms with E-state index in [0.29, 0.717) is 11.9 Å². The molecule has 33 heavy (non-hydrogen) atoms. The molecule has 1 aliphatic rings. The number of nitrogens with zero attached hydrogens (tertiary/aromatic N) is 4. The molecular weight excluding hydrogens is 415 g/mol. The van der Waals surface area contributed by atoms with Crippen LogP contribution in [0, 0.1) is 11.7 Å². The summed E-state index contributed by atoms with van der Waals surface area (Å²) in [6.45, 7) is 8.55. The summed E-state index contributed by atoms with van der Waals surface area (Å²) >= 11 is 0. The highest BCUT2D eigenvalue weighted by atomic mass is 19.1. The molecule has 0 radical (unpaired) electrons. The molecule has 1 aromatic heterocycles. The fourth-order valence-corrected chi connectivity index (χ4v) is 4.52. The molecule has 5 nitrogen and oxygen atoms in total. The molecule has 0 saturated carbocycles. The number of halogens is 1. The molecule has 0 N–H and O–H groups in total. The summed E-state index contributed by atoms with van der Waals surface area (Å²) in [4.78, 5) is 13.3. The minimum absolute atomic E-state index is 0.143. The standard InChI is InChI=1S/C27H33FN4O/c1-2-31(19-23-9-11-26(12-10-23)33-27-29-14-5-15-30-27)20-24-7-4-16-32(21-24)17-13-22-6-3-8-25(28)18-22/h3,5-6,8-12,14-15,18,24H,2,4,7,13,16-17,19-21H2,1H3. The Morgan fingerprint density at radius 2 is 1.88 bits per heavy atom. The lowest BCUT2D eigenvalue weighted by Gasteiger charge is -2.35. The van der Waals surface area contributed by atoms with Crippen LogP contribution in [-0.2, 0) is 13.0 Å². The molecule has 174 valence electrons. The molecule has 0 bridgehead atoms. The Balaban J connectivity index is 1.25. The molecule has 0 amide bonds. The smallest absolute Gasteiger partial charge is 0.321 e. The van der Waals surface area contributed by atoms with Crippen LogP contribution in [-0.4, -0.2) is 52.5 Å². The molecule has 1 aliphatic heterocycles. The summed E-state index contributed by atoms with van der Waals surface area (Å²) in [5.74, 6) is 1.27. The summed E-state index contributed by atoms with van der Waals surface area (Å²) in [6, 6.07) is 17.3. The minimum Gasteiger partial charge on any atom is -0.424 e. The monoisotopic (exact) mass is 448 g/mol. The van der Waals surface area contributed by atoms with Gasteiger partial charge in [-0.15, -0.1) is 0 Å². The van der Waals surface area contributed by atoms with Crippen LogP contribution in [0.3, 0.4) is 0 Å². The van der Waals surface area contributed by atoms with Crippen LogP contribution in [0.2, 0.25) is 0 Å². The van der Waals surface area contributed by atoms with Gasteiger partial charge in [-0.05, 0) is 79.7 Å². The summed E-state index contributed by atoms with van der Waals surface area (Å²) in [6.07, 6.45) is 6.76. The van der Waals surface area contributed by atoms with Crippen LogP contribution in [0.1, 0.15) is 30.9 Å². The number of benzene rings is 2. The Hall–Kier alpha value is -2.83. The van der Waals surface area contributed by atoms with Gasteiger partial charge in [0.1, 0.15) is 11.6 Å². The first-order valence-electron chi connectivity index (χ1n) is 11.9. The second-order valence-electron chi connectivity index (χ2n) is 8.79. The van der Waals surface area contributed by atoms with Crippen molar-refractivity contribution in [3.63, 3.8) is 0 Å². The van der Waals surface area contributed by atoms with Crippen LogP contribution in [0.15, 0.2) is 67.0 Å². The normalized spacial score (nSPS) is 16.8. The van der Waals surface area contributed by atoms with Gasteiger partial charge >= 0.3 is 6.01 Å². The van der Waals surface area contributed by atoms with Crippen molar-refractivity contribution in [3.05, 3.63) is 83.9 Å². The largest absolute Gasteiger partial charge is 0.424 e. The SMILES string of the molecule is CCN(Cc1ccc(Oc2ncccn2)cc1)CC1CCCN(CCc2cccc(F)c2)C1. The second-order valence-corrected chi connectivity index (χ2v) is 8.79. The summed E-state index contributed by atoms with van der Waals surface area (Å²) in [5.41, 5.74) is 2.36. The molecule has 4 rings (SSSR count). The quantitative estimate of drug-likeness (QED) is 0.427. The van der Waals surface area contributed by atoms with Crippen LogP contribution in [0.4, 0.5) is 4.39 Å². The van der Waals surface area contributed by atoms with E-state index < -0.39 is 0 Å². The zero-order valence-electron chi connectivity index (χ0n) is 19.4. The molecule has 1 unspecified atom stereocenters. The zero-order chi connectivity index (χ0) is 22.9. The van der Waals surface area contributed by atoms with E-state index in [2.05, 4.69) is 38.8 Å². The van der Waals surface area contributed by atoms with Crippen LogP contribution in [0.5, 0.6) is 11.8 Å². The fourth-order valence-electron chi connectivity index (χ4n) is 4.52. The van der Waals surface area contributed by atoms with Gasteiger partial charge in [-0.25, -0.2) is 14.4 Å². The maximum Gasteiger partial charge on any atom is 0.321 e. The van der Waals surface area contributed by atoms with Crippen LogP contribution in [0.25, 0.3) is 0 Å². The Labute approximate surface area is 196 Å². The Bertz CT molecular complexity index is 983. The van der Waals surface area contributed by atoms with E-state index in [9.17, 15) is 4.39 Å². The number of hydrogen-bond donors (Lipinski definition) is 0. The molecule has 6 heteroatoms. The maximum absolute atomic E-state index is 13.4. The second kappa shape index (κ2) is 11.9. The first kappa shape index (κ1) is 23.3. The lowest BCUT2D eigenvalue weighted by atomic mass is 9.96. The van der Waals surface area contributed by atoms with E-state index in [1.807, 2.05) is 18.2 Å². The highest BCUT2D eigenvalue weighted by Crippen LogP contribution is 2.21. The molecule has 1 saturated heterocycles. The van der Waals surface area contributed by atoms with Crippen LogP contribution >= 0.6 is 0 Å². The number of rotatable bonds is 10. The summed E-state index contributed by atoms with van der Waals surface area (Å²) in [7, 11) is 0. The van der Waals surface area contributed by atoms with Crippen molar-refractivity contribution in [1.82, 2.24) is 19.8 Å². The number of ether oxygens (including phenoxy) is 1. The lowest BCUT2D eigenvalue weighted by Crippen LogP contribution is -2.41. The van der Waals surface area contributed by atoms with Gasteiger partial charge in [0.25, 0.3) is 0 Å². The molecule has 1 fully saturated rings. The third-order valence-corrected chi connectivity index (χ3v) is 6.25. The molecule has 2 heterocycles. The van der Waals surface area contributed by atoms with E-state index >= 15 is 0 Å². The molecule has 1 atom stereocenters. The van der Waals surface area contributed by atoms with Crippen molar-refractivity contribution in [3.8, 4) is 11.8 Å². The van der Waals surface area contributed by atoms with Crippen molar-refractivity contribution in [2.24, 2.45) is 5.92 Å². The van der Waals surface area contributed by atoms with E-state index in [0.717, 1.165) is 57.0 Å². The Kier molecular flexibility index (Phi) is 8.39. The van der Waals surface area contributed by atoms with Crippen molar-refractivity contribution in [2.75, 3.05) is 32.7 Å². The Morgan fingerprint density at radius 1 is 1.06 bits per heavy atom. The van der Waals surface area contributed by atoms with E-state index in [-0.39, 0.29) is 5.82 Å². The van der Waals surface area contributed by atoms with Gasteiger partial charge in [0.05, 0.1) is 0 Å². The zero-order valence-corrected chi connectivity index (χ0v) is 19.4. The summed E-state index contributed by atoms with van der Waals surface area (Å²) in [5, 5.41) is 0. The molecule has 0 spiro atoms. The third kappa shape index (κ3) is 7.34. The van der Waals surface area contributed by atoms with Crippen LogP contribution < -0.4 is 4.74 Å². The molecule has 0 aliphatic carbocycles. The van der Waals surface area contributed by atoms with Gasteiger partial charge in [-0.1, -0.05) is 31.2 Å². The predicted molar refractivity (Wildman–Crippen MR) is 129 cm³/mol. The lowest BCUT2D eigenvalue weighted by molar-refractivity contribution is 0.133. The first-order valence-corrected chi connectivity index (χ1v) is 11.9. The van der Waals surface area contributed by atoms with Gasteiger partial charge in [-0.3, -0.25) is 4.90 Å². The van der Waals surface area contributed by atoms with Crippen molar-refractivity contribution in [2.45, 2.75) is 32.7 Å². The van der Waals surface area contributed by atoms with Crippen molar-refractivity contribution in [1.29, 1.82) is 0 Å². The highest BCUT2D eigenvalue weighted by molar-refractivity contribution is 5.29. The first-order chi connectivity index (χ1) is 16.2. The Morgan fingerprint density at radius 3 is 2.64 bits per heavy atom. The predicted octanol–water partition coefficient (Wildman–Crippen LogP) is 5.18. The van der Waals surface area contributed by atoms with E-state index in [4.69, 9.17) is 4.74 Å². The van der Waals surface area contributed by atoms with Crippen molar-refractivity contribution >= 4 is 0 Å². The minimum atomic E-state index is -0.143. The number of likely N-dealkylation sites (tertiary alicyclic amines) is 1. The molecular formula is C27H33FN4O. The van der Waals surface area contributed by atoms with E-state index in [1.54, 1.807) is 30.6 Å². The summed E-state index contributed by atoms with van der Waals surface area (Å²) < 4.78 is 19.1. The average Bonchev–Trinajstić information content (AvgIpc) is 2.84. The number of piperidine rings is 1. The number of aromatic nitrogens is 2. The third-order valence-electron chi connectivity index (χ3n) is 6.25. The van der Waals surface area contributed by atoms with Gasteiger partial charge in [-0.2, -0.15) is 0 Å². The van der Waals surface area contributed by atoms with Gasteiger partial charge in [0.15, 0.2) is 0 Å². The van der Waals surface area contributed by atoms with Gasteiger partial charge in [0, 0.05) is 38.6 Å². The average molecular weight is 449 g/mol. The van der Waals surface area contributed by atoms with Gasteiger partial charge < -0.3 is 9.64 Å². The molecule has 2 aromatic carbocycles. The topological polar surface area (TPSA) is 41.5 Å².